The molecule has 4 heteroatoms. The van der Waals surface area contributed by atoms with Gasteiger partial charge in [0.05, 0.1) is 5.60 Å². The monoisotopic (exact) mass is 378 g/mol. The van der Waals surface area contributed by atoms with Gasteiger partial charge in [-0.2, -0.15) is 0 Å². The maximum Gasteiger partial charge on any atom is 0.158 e. The number of aliphatic hydroxyl groups is 2. The van der Waals surface area contributed by atoms with Crippen molar-refractivity contribution in [3.05, 3.63) is 24.8 Å². The van der Waals surface area contributed by atoms with E-state index in [9.17, 15) is 14.7 Å². The number of unbranched alkanes of at least 4 members (excludes halogenated alkanes) is 4. The number of carbonyl (C=O) groups is 2. The maximum absolute atomic E-state index is 12.2. The van der Waals surface area contributed by atoms with Crippen LogP contribution in [0.3, 0.4) is 0 Å². The van der Waals surface area contributed by atoms with Crippen LogP contribution in [0.4, 0.5) is 0 Å². The molecule has 27 heavy (non-hydrogen) atoms. The first-order valence-electron chi connectivity index (χ1n) is 10.6. The number of allylic oxidation sites excluding steroid dienone is 1. The summed E-state index contributed by atoms with van der Waals surface area (Å²) in [5, 5.41) is 19.3. The van der Waals surface area contributed by atoms with Crippen LogP contribution in [0.2, 0.25) is 0 Å². The first-order valence-corrected chi connectivity index (χ1v) is 10.6. The Hall–Kier alpha value is -1.26. The second-order valence-corrected chi connectivity index (χ2v) is 7.97. The van der Waals surface area contributed by atoms with Crippen molar-refractivity contribution < 1.29 is 19.8 Å². The van der Waals surface area contributed by atoms with Gasteiger partial charge in [0.15, 0.2) is 5.78 Å². The zero-order valence-electron chi connectivity index (χ0n) is 17.0. The highest BCUT2D eigenvalue weighted by molar-refractivity contribution is 5.83. The van der Waals surface area contributed by atoms with Crippen molar-refractivity contribution in [2.24, 2.45) is 11.8 Å². The number of rotatable bonds is 15. The smallest absolute Gasteiger partial charge is 0.158 e. The lowest BCUT2D eigenvalue weighted by Gasteiger charge is -2.23. The number of hydrogen-bond acceptors (Lipinski definition) is 4. The molecule has 1 fully saturated rings. The Morgan fingerprint density at radius 1 is 1.26 bits per heavy atom. The molecule has 1 aliphatic carbocycles. The molecule has 0 spiro atoms. The van der Waals surface area contributed by atoms with Crippen LogP contribution >= 0.6 is 0 Å². The minimum absolute atomic E-state index is 0.0930. The van der Waals surface area contributed by atoms with E-state index in [1.165, 1.54) is 0 Å². The van der Waals surface area contributed by atoms with Gasteiger partial charge in [-0.1, -0.05) is 57.3 Å². The molecule has 3 atom stereocenters. The normalized spacial score (nSPS) is 22.3. The van der Waals surface area contributed by atoms with Gasteiger partial charge in [-0.05, 0) is 38.0 Å². The van der Waals surface area contributed by atoms with E-state index in [1.807, 2.05) is 6.08 Å². The Bertz CT molecular complexity index is 497. The minimum atomic E-state index is -0.837. The highest BCUT2D eigenvalue weighted by atomic mass is 16.3. The van der Waals surface area contributed by atoms with Gasteiger partial charge in [0.2, 0.25) is 0 Å². The summed E-state index contributed by atoms with van der Waals surface area (Å²) in [6.07, 6.45) is 15.9. The molecule has 0 aromatic heterocycles. The summed E-state index contributed by atoms with van der Waals surface area (Å²) < 4.78 is 0. The van der Waals surface area contributed by atoms with Crippen LogP contribution in [0, 0.1) is 11.8 Å². The quantitative estimate of drug-likeness (QED) is 0.324. The van der Waals surface area contributed by atoms with Crippen LogP contribution in [0.15, 0.2) is 24.8 Å². The Balaban J connectivity index is 2.38. The molecule has 1 saturated carbocycles. The van der Waals surface area contributed by atoms with Gasteiger partial charge in [0.1, 0.15) is 12.4 Å². The Morgan fingerprint density at radius 2 is 2.00 bits per heavy atom. The molecule has 1 rings (SSSR count). The van der Waals surface area contributed by atoms with Crippen LogP contribution in [0.5, 0.6) is 0 Å². The van der Waals surface area contributed by atoms with Gasteiger partial charge in [-0.25, -0.2) is 0 Å². The number of hydrogen-bond donors (Lipinski definition) is 2. The third kappa shape index (κ3) is 8.98. The van der Waals surface area contributed by atoms with Gasteiger partial charge in [-0.3, -0.25) is 9.59 Å². The lowest BCUT2D eigenvalue weighted by molar-refractivity contribution is -0.122. The Labute approximate surface area is 164 Å². The summed E-state index contributed by atoms with van der Waals surface area (Å²) in [4.78, 5) is 23.3. The van der Waals surface area contributed by atoms with Gasteiger partial charge in [0.25, 0.3) is 0 Å². The average molecular weight is 379 g/mol. The average Bonchev–Trinajstić information content (AvgIpc) is 3.02. The van der Waals surface area contributed by atoms with Crippen molar-refractivity contribution in [1.29, 1.82) is 0 Å². The first-order chi connectivity index (χ1) is 13.0. The largest absolute Gasteiger partial charge is 0.389 e. The molecule has 0 aliphatic heterocycles. The van der Waals surface area contributed by atoms with Crippen LogP contribution in [-0.4, -0.2) is 34.0 Å². The summed E-state index contributed by atoms with van der Waals surface area (Å²) >= 11 is 0. The molecule has 154 valence electrons. The molecule has 0 radical (unpaired) electrons. The van der Waals surface area contributed by atoms with Crippen molar-refractivity contribution in [2.45, 2.75) is 89.6 Å². The first kappa shape index (κ1) is 23.8. The summed E-state index contributed by atoms with van der Waals surface area (Å²) in [5.41, 5.74) is -0.837. The molecule has 0 heterocycles. The predicted octanol–water partition coefficient (Wildman–Crippen LogP) is 4.54. The van der Waals surface area contributed by atoms with Crippen LogP contribution in [0.1, 0.15) is 84.0 Å². The fraction of sp³-hybridized carbons (Fsp3) is 0.739. The molecule has 2 N–H and O–H groups in total. The molecule has 1 unspecified atom stereocenters. The summed E-state index contributed by atoms with van der Waals surface area (Å²) in [7, 11) is 0. The standard InChI is InChI=1S/C23H38O4/c1-3-5-16-23(27,4-2)17-10-11-19-14-15-22(26)21(19)13-9-7-6-8-12-20(25)18-24/h4,10-11,19,21,24,27H,2-3,5-9,12-18H2,1H3/t19-,21+,23?/m0/s1. The SMILES string of the molecule is C=CC(O)(CC=C[C@H]1CCC(=O)[C@@H]1CCCCCCC(=O)CO)CCCC. The summed E-state index contributed by atoms with van der Waals surface area (Å²) in [6, 6.07) is 0. The number of aliphatic hydroxyl groups excluding tert-OH is 1. The van der Waals surface area contributed by atoms with Crippen LogP contribution in [0.25, 0.3) is 0 Å². The zero-order valence-corrected chi connectivity index (χ0v) is 17.0. The van der Waals surface area contributed by atoms with Gasteiger partial charge in [0, 0.05) is 18.8 Å². The van der Waals surface area contributed by atoms with E-state index in [-0.39, 0.29) is 24.2 Å². The number of ketones is 2. The predicted molar refractivity (Wildman–Crippen MR) is 109 cm³/mol. The van der Waals surface area contributed by atoms with Gasteiger partial charge >= 0.3 is 0 Å². The van der Waals surface area contributed by atoms with Crippen molar-refractivity contribution in [2.75, 3.05) is 6.61 Å². The molecular weight excluding hydrogens is 340 g/mol. The highest BCUT2D eigenvalue weighted by Crippen LogP contribution is 2.34. The van der Waals surface area contributed by atoms with E-state index >= 15 is 0 Å². The molecular formula is C23H38O4. The second-order valence-electron chi connectivity index (χ2n) is 7.97. The lowest BCUT2D eigenvalue weighted by Crippen LogP contribution is -2.24. The van der Waals surface area contributed by atoms with Crippen molar-refractivity contribution >= 4 is 11.6 Å². The molecule has 4 nitrogen and oxygen atoms in total. The summed E-state index contributed by atoms with van der Waals surface area (Å²) in [6.45, 7) is 5.52. The van der Waals surface area contributed by atoms with Gasteiger partial charge in [-0.15, -0.1) is 6.58 Å². The van der Waals surface area contributed by atoms with E-state index in [4.69, 9.17) is 5.11 Å². The molecule has 0 aromatic carbocycles. The highest BCUT2D eigenvalue weighted by Gasteiger charge is 2.32. The van der Waals surface area contributed by atoms with E-state index in [1.54, 1.807) is 6.08 Å². The fourth-order valence-electron chi connectivity index (χ4n) is 3.88. The lowest BCUT2D eigenvalue weighted by atomic mass is 9.88. The molecule has 0 bridgehead atoms. The third-order valence-electron chi connectivity index (χ3n) is 5.75. The van der Waals surface area contributed by atoms with E-state index in [2.05, 4.69) is 19.6 Å². The van der Waals surface area contributed by atoms with Crippen LogP contribution in [-0.2, 0) is 9.59 Å². The van der Waals surface area contributed by atoms with Crippen molar-refractivity contribution in [3.8, 4) is 0 Å². The summed E-state index contributed by atoms with van der Waals surface area (Å²) in [5.74, 6) is 0.663. The zero-order chi connectivity index (χ0) is 20.1. The molecule has 0 aromatic rings. The fourth-order valence-corrected chi connectivity index (χ4v) is 3.88. The topological polar surface area (TPSA) is 74.6 Å². The molecule has 0 amide bonds. The Kier molecular flexibility index (Phi) is 11.5. The Morgan fingerprint density at radius 3 is 2.67 bits per heavy atom. The third-order valence-corrected chi connectivity index (χ3v) is 5.75. The maximum atomic E-state index is 12.2. The molecule has 0 saturated heterocycles. The second kappa shape index (κ2) is 13.0. The van der Waals surface area contributed by atoms with E-state index < -0.39 is 5.60 Å². The molecule has 1 aliphatic rings. The number of carbonyl (C=O) groups excluding carboxylic acids is 2. The van der Waals surface area contributed by atoms with Crippen LogP contribution < -0.4 is 0 Å². The van der Waals surface area contributed by atoms with E-state index in [0.717, 1.165) is 57.8 Å². The number of Topliss-reactive ketones (excluding diaryl/α,β-unsaturated/α-hetero) is 2. The van der Waals surface area contributed by atoms with Gasteiger partial charge < -0.3 is 10.2 Å². The van der Waals surface area contributed by atoms with E-state index in [0.29, 0.717) is 25.0 Å². The van der Waals surface area contributed by atoms with Crippen molar-refractivity contribution in [1.82, 2.24) is 0 Å². The van der Waals surface area contributed by atoms with Crippen molar-refractivity contribution in [3.63, 3.8) is 0 Å². The minimum Gasteiger partial charge on any atom is -0.389 e.